The maximum absolute atomic E-state index is 12.8. The van der Waals surface area contributed by atoms with Crippen LogP contribution in [0.2, 0.25) is 0 Å². The van der Waals surface area contributed by atoms with Crippen LogP contribution < -0.4 is 10.6 Å². The molecule has 2 rings (SSSR count). The Kier molecular flexibility index (Phi) is 8.58. The van der Waals surface area contributed by atoms with Crippen molar-refractivity contribution in [2.24, 2.45) is 5.92 Å². The summed E-state index contributed by atoms with van der Waals surface area (Å²) in [6.07, 6.45) is 6.44. The summed E-state index contributed by atoms with van der Waals surface area (Å²) in [6.45, 7) is 1.97. The number of amides is 2. The van der Waals surface area contributed by atoms with Gasteiger partial charge in [0.25, 0.3) is 0 Å². The molecule has 0 saturated carbocycles. The molecule has 1 aromatic heterocycles. The number of unbranched alkanes of at least 4 members (excludes halogenated alkanes) is 1. The highest BCUT2D eigenvalue weighted by molar-refractivity contribution is 6.43. The summed E-state index contributed by atoms with van der Waals surface area (Å²) in [6, 6.07) is 9.15. The van der Waals surface area contributed by atoms with Gasteiger partial charge in [-0.1, -0.05) is 50.1 Å². The molecule has 2 amide bonds. The van der Waals surface area contributed by atoms with E-state index in [-0.39, 0.29) is 12.2 Å². The molecule has 0 saturated heterocycles. The van der Waals surface area contributed by atoms with Gasteiger partial charge in [-0.25, -0.2) is 4.98 Å². The van der Waals surface area contributed by atoms with Crippen LogP contribution in [0.25, 0.3) is 0 Å². The highest BCUT2D eigenvalue weighted by atomic mass is 16.4. The lowest BCUT2D eigenvalue weighted by Crippen LogP contribution is -2.50. The normalized spacial score (nSPS) is 12.7. The number of nitrogens with one attached hydrogen (secondary N) is 2. The molecule has 4 N–H and O–H groups in total. The van der Waals surface area contributed by atoms with Gasteiger partial charge in [0.1, 0.15) is 5.92 Å². The average Bonchev–Trinajstić information content (AvgIpc) is 2.70. The molecule has 0 bridgehead atoms. The predicted octanol–water partition coefficient (Wildman–Crippen LogP) is 0.961. The first-order valence-corrected chi connectivity index (χ1v) is 9.28. The summed E-state index contributed by atoms with van der Waals surface area (Å²) < 4.78 is 0. The summed E-state index contributed by atoms with van der Waals surface area (Å²) in [7, 11) is -1.70. The molecule has 0 radical (unpaired) electrons. The van der Waals surface area contributed by atoms with Crippen LogP contribution in [0.4, 0.5) is 5.82 Å². The van der Waals surface area contributed by atoms with Crippen molar-refractivity contribution in [1.82, 2.24) is 15.3 Å². The van der Waals surface area contributed by atoms with Gasteiger partial charge >= 0.3 is 7.12 Å². The fourth-order valence-electron chi connectivity index (χ4n) is 2.73. The summed E-state index contributed by atoms with van der Waals surface area (Å²) in [4.78, 5) is 33.5. The van der Waals surface area contributed by atoms with Crippen LogP contribution in [0.1, 0.15) is 31.7 Å². The summed E-state index contributed by atoms with van der Waals surface area (Å²) in [5, 5.41) is 24.3. The molecule has 2 unspecified atom stereocenters. The monoisotopic (exact) mass is 384 g/mol. The van der Waals surface area contributed by atoms with Gasteiger partial charge < -0.3 is 20.7 Å². The number of benzene rings is 1. The number of anilines is 1. The number of hydrogen-bond donors (Lipinski definition) is 4. The number of hydrogen-bond acceptors (Lipinski definition) is 6. The maximum atomic E-state index is 12.8. The van der Waals surface area contributed by atoms with Gasteiger partial charge in [-0.15, -0.1) is 0 Å². The van der Waals surface area contributed by atoms with E-state index in [1.54, 1.807) is 0 Å². The van der Waals surface area contributed by atoms with Crippen LogP contribution in [0.15, 0.2) is 48.9 Å². The Morgan fingerprint density at radius 2 is 1.89 bits per heavy atom. The molecule has 1 aromatic carbocycles. The number of carbonyl (C=O) groups excluding carboxylic acids is 2. The number of aromatic nitrogens is 2. The highest BCUT2D eigenvalue weighted by Gasteiger charge is 2.32. The van der Waals surface area contributed by atoms with E-state index in [2.05, 4.69) is 20.6 Å². The van der Waals surface area contributed by atoms with E-state index in [1.165, 1.54) is 18.6 Å². The molecular formula is C19H25BN4O4. The van der Waals surface area contributed by atoms with Crippen LogP contribution in [0, 0.1) is 5.92 Å². The quantitative estimate of drug-likeness (QED) is 0.357. The fourth-order valence-corrected chi connectivity index (χ4v) is 2.73. The minimum atomic E-state index is -1.70. The van der Waals surface area contributed by atoms with Crippen LogP contribution >= 0.6 is 0 Å². The molecular weight excluding hydrogens is 359 g/mol. The van der Waals surface area contributed by atoms with Crippen molar-refractivity contribution in [3.63, 3.8) is 0 Å². The maximum Gasteiger partial charge on any atom is 0.475 e. The zero-order valence-electron chi connectivity index (χ0n) is 15.8. The Hall–Kier alpha value is -2.78. The molecule has 2 atom stereocenters. The van der Waals surface area contributed by atoms with Gasteiger partial charge in [-0.05, 0) is 18.4 Å². The minimum Gasteiger partial charge on any atom is -0.426 e. The van der Waals surface area contributed by atoms with Crippen molar-refractivity contribution in [3.05, 3.63) is 54.5 Å². The van der Waals surface area contributed by atoms with Gasteiger partial charge in [-0.3, -0.25) is 14.6 Å². The summed E-state index contributed by atoms with van der Waals surface area (Å²) >= 11 is 0. The average molecular weight is 384 g/mol. The standard InChI is InChI=1S/C19H25BN4O4/c1-2-3-9-16(20(27)28)23-18(25)15(12-14-7-5-4-6-8-14)19(26)24-17-13-21-10-11-22-17/h4-8,10-11,13,15-16,27-28H,2-3,9,12H2,1H3,(H,23,25)(H,22,24,26). The Morgan fingerprint density at radius 1 is 1.14 bits per heavy atom. The van der Waals surface area contributed by atoms with Crippen molar-refractivity contribution in [2.75, 3.05) is 5.32 Å². The van der Waals surface area contributed by atoms with Crippen LogP contribution in [-0.4, -0.2) is 44.9 Å². The Balaban J connectivity index is 2.16. The lowest BCUT2D eigenvalue weighted by molar-refractivity contribution is -0.132. The minimum absolute atomic E-state index is 0.167. The molecule has 0 spiro atoms. The lowest BCUT2D eigenvalue weighted by Gasteiger charge is -2.22. The molecule has 0 aliphatic heterocycles. The molecule has 148 valence electrons. The Morgan fingerprint density at radius 3 is 2.50 bits per heavy atom. The third-order valence-electron chi connectivity index (χ3n) is 4.29. The van der Waals surface area contributed by atoms with E-state index >= 15 is 0 Å². The van der Waals surface area contributed by atoms with E-state index in [4.69, 9.17) is 0 Å². The third-order valence-corrected chi connectivity index (χ3v) is 4.29. The van der Waals surface area contributed by atoms with Crippen LogP contribution in [0.5, 0.6) is 0 Å². The summed E-state index contributed by atoms with van der Waals surface area (Å²) in [5.74, 6) is -2.77. The van der Waals surface area contributed by atoms with Crippen LogP contribution in [0.3, 0.4) is 0 Å². The SMILES string of the molecule is CCCCC(NC(=O)C(Cc1ccccc1)C(=O)Nc1cnccn1)B(O)O. The van der Waals surface area contributed by atoms with Gasteiger partial charge in [-0.2, -0.15) is 0 Å². The second-order valence-corrected chi connectivity index (χ2v) is 6.49. The van der Waals surface area contributed by atoms with Crippen molar-refractivity contribution < 1.29 is 19.6 Å². The van der Waals surface area contributed by atoms with E-state index in [0.717, 1.165) is 18.4 Å². The molecule has 0 aliphatic carbocycles. The first-order chi connectivity index (χ1) is 13.5. The molecule has 9 heteroatoms. The predicted molar refractivity (Wildman–Crippen MR) is 106 cm³/mol. The zero-order chi connectivity index (χ0) is 20.4. The summed E-state index contributed by atoms with van der Waals surface area (Å²) in [5.41, 5.74) is 0.812. The largest absolute Gasteiger partial charge is 0.475 e. The Bertz CT molecular complexity index is 746. The first kappa shape index (κ1) is 21.5. The van der Waals surface area contributed by atoms with Crippen LogP contribution in [-0.2, 0) is 16.0 Å². The number of rotatable bonds is 10. The van der Waals surface area contributed by atoms with E-state index < -0.39 is 30.8 Å². The van der Waals surface area contributed by atoms with Gasteiger partial charge in [0.05, 0.1) is 12.1 Å². The number of carbonyl (C=O) groups is 2. The fraction of sp³-hybridized carbons (Fsp3) is 0.368. The first-order valence-electron chi connectivity index (χ1n) is 9.28. The molecule has 1 heterocycles. The zero-order valence-corrected chi connectivity index (χ0v) is 15.8. The smallest absolute Gasteiger partial charge is 0.426 e. The molecule has 8 nitrogen and oxygen atoms in total. The van der Waals surface area contributed by atoms with Gasteiger partial charge in [0.2, 0.25) is 11.8 Å². The lowest BCUT2D eigenvalue weighted by atomic mass is 9.76. The van der Waals surface area contributed by atoms with Crippen molar-refractivity contribution in [2.45, 2.75) is 38.5 Å². The molecule has 2 aromatic rings. The van der Waals surface area contributed by atoms with Gasteiger partial charge in [0.15, 0.2) is 5.82 Å². The van der Waals surface area contributed by atoms with Crippen molar-refractivity contribution in [3.8, 4) is 0 Å². The van der Waals surface area contributed by atoms with E-state index in [1.807, 2.05) is 37.3 Å². The number of nitrogens with zero attached hydrogens (tertiary/aromatic N) is 2. The van der Waals surface area contributed by atoms with E-state index in [0.29, 0.717) is 6.42 Å². The van der Waals surface area contributed by atoms with Crippen molar-refractivity contribution >= 4 is 24.8 Å². The van der Waals surface area contributed by atoms with Gasteiger partial charge in [0, 0.05) is 12.4 Å². The second-order valence-electron chi connectivity index (χ2n) is 6.49. The van der Waals surface area contributed by atoms with E-state index in [9.17, 15) is 19.6 Å². The molecule has 0 aliphatic rings. The third kappa shape index (κ3) is 6.75. The van der Waals surface area contributed by atoms with Crippen molar-refractivity contribution in [1.29, 1.82) is 0 Å². The second kappa shape index (κ2) is 11.2. The molecule has 0 fully saturated rings. The highest BCUT2D eigenvalue weighted by Crippen LogP contribution is 2.13. The Labute approximate surface area is 164 Å². The molecule has 28 heavy (non-hydrogen) atoms. The topological polar surface area (TPSA) is 124 Å².